The highest BCUT2D eigenvalue weighted by Gasteiger charge is 2.12. The van der Waals surface area contributed by atoms with Gasteiger partial charge in [0, 0.05) is 6.07 Å². The van der Waals surface area contributed by atoms with Crippen LogP contribution in [0.1, 0.15) is 0 Å². The summed E-state index contributed by atoms with van der Waals surface area (Å²) >= 11 is 8.83. The summed E-state index contributed by atoms with van der Waals surface area (Å²) < 4.78 is 23.8. The minimum atomic E-state index is -0.549. The highest BCUT2D eigenvalue weighted by Crippen LogP contribution is 2.34. The molecular formula is C12H8BrClFNO2. The summed E-state index contributed by atoms with van der Waals surface area (Å²) in [6.07, 6.45) is 0. The second-order valence-corrected chi connectivity index (χ2v) is 4.46. The molecule has 0 N–H and O–H groups in total. The zero-order valence-corrected chi connectivity index (χ0v) is 11.6. The number of benzene rings is 1. The van der Waals surface area contributed by atoms with Crippen molar-refractivity contribution in [1.82, 2.24) is 4.98 Å². The molecule has 0 unspecified atom stereocenters. The number of ether oxygens (including phenoxy) is 2. The number of methoxy groups -OCH3 is 1. The van der Waals surface area contributed by atoms with Crippen molar-refractivity contribution in [2.75, 3.05) is 7.11 Å². The largest absolute Gasteiger partial charge is 0.493 e. The summed E-state index contributed by atoms with van der Waals surface area (Å²) in [4.78, 5) is 3.87. The minimum absolute atomic E-state index is 0.0387. The van der Waals surface area contributed by atoms with Gasteiger partial charge in [0.15, 0.2) is 17.3 Å². The molecule has 0 aliphatic heterocycles. The predicted octanol–water partition coefficient (Wildman–Crippen LogP) is 4.44. The number of halogens is 3. The Morgan fingerprint density at radius 2 is 1.94 bits per heavy atom. The average molecular weight is 333 g/mol. The number of pyridine rings is 1. The molecule has 0 aliphatic rings. The van der Waals surface area contributed by atoms with Gasteiger partial charge in [0.05, 0.1) is 7.11 Å². The van der Waals surface area contributed by atoms with E-state index in [2.05, 4.69) is 20.9 Å². The summed E-state index contributed by atoms with van der Waals surface area (Å²) in [5, 5.41) is 0.0848. The van der Waals surface area contributed by atoms with E-state index in [1.807, 2.05) is 0 Å². The second-order valence-electron chi connectivity index (χ2n) is 3.30. The van der Waals surface area contributed by atoms with Crippen LogP contribution >= 0.6 is 27.5 Å². The van der Waals surface area contributed by atoms with E-state index in [0.717, 1.165) is 6.07 Å². The van der Waals surface area contributed by atoms with Crippen LogP contribution in [0.4, 0.5) is 4.39 Å². The first-order chi connectivity index (χ1) is 8.61. The summed E-state index contributed by atoms with van der Waals surface area (Å²) in [6.45, 7) is 0. The molecule has 94 valence electrons. The van der Waals surface area contributed by atoms with Gasteiger partial charge in [-0.2, -0.15) is 0 Å². The molecule has 0 saturated carbocycles. The van der Waals surface area contributed by atoms with Crippen LogP contribution < -0.4 is 9.47 Å². The molecule has 0 fully saturated rings. The van der Waals surface area contributed by atoms with Crippen molar-refractivity contribution >= 4 is 27.5 Å². The first-order valence-electron chi connectivity index (χ1n) is 4.94. The number of hydrogen-bond acceptors (Lipinski definition) is 3. The molecule has 2 aromatic rings. The van der Waals surface area contributed by atoms with Gasteiger partial charge >= 0.3 is 0 Å². The van der Waals surface area contributed by atoms with E-state index in [9.17, 15) is 4.39 Å². The van der Waals surface area contributed by atoms with Gasteiger partial charge in [0.2, 0.25) is 5.88 Å². The van der Waals surface area contributed by atoms with Crippen LogP contribution in [0.2, 0.25) is 5.02 Å². The van der Waals surface area contributed by atoms with E-state index in [4.69, 9.17) is 21.1 Å². The molecule has 6 heteroatoms. The molecule has 0 amide bonds. The highest BCUT2D eigenvalue weighted by atomic mass is 79.9. The third kappa shape index (κ3) is 2.73. The van der Waals surface area contributed by atoms with Crippen LogP contribution in [-0.4, -0.2) is 12.1 Å². The molecule has 2 rings (SSSR count). The van der Waals surface area contributed by atoms with E-state index in [0.29, 0.717) is 11.5 Å². The normalized spacial score (nSPS) is 10.2. The van der Waals surface area contributed by atoms with Gasteiger partial charge in [-0.1, -0.05) is 23.7 Å². The number of hydrogen-bond donors (Lipinski definition) is 0. The highest BCUT2D eigenvalue weighted by molar-refractivity contribution is 9.10. The smallest absolute Gasteiger partial charge is 0.239 e. The number of aromatic nitrogens is 1. The third-order valence-corrected chi connectivity index (χ3v) is 2.96. The predicted molar refractivity (Wildman–Crippen MR) is 70.0 cm³/mol. The van der Waals surface area contributed by atoms with Crippen molar-refractivity contribution in [2.45, 2.75) is 0 Å². The zero-order chi connectivity index (χ0) is 13.1. The van der Waals surface area contributed by atoms with E-state index >= 15 is 0 Å². The fourth-order valence-electron chi connectivity index (χ4n) is 1.31. The number of nitrogens with zero attached hydrogens (tertiary/aromatic N) is 1. The Hall–Kier alpha value is -1.33. The molecule has 18 heavy (non-hydrogen) atoms. The monoisotopic (exact) mass is 331 g/mol. The van der Waals surface area contributed by atoms with E-state index in [-0.39, 0.29) is 15.5 Å². The Labute approximate surface area is 117 Å². The van der Waals surface area contributed by atoms with Gasteiger partial charge in [-0.05, 0) is 28.1 Å². The average Bonchev–Trinajstić information content (AvgIpc) is 2.36. The topological polar surface area (TPSA) is 31.4 Å². The SMILES string of the molecule is COc1ccccc1Oc1nc(Br)c(F)cc1Cl. The third-order valence-electron chi connectivity index (χ3n) is 2.13. The van der Waals surface area contributed by atoms with Crippen molar-refractivity contribution < 1.29 is 13.9 Å². The lowest BCUT2D eigenvalue weighted by Crippen LogP contribution is -1.94. The Morgan fingerprint density at radius 1 is 1.28 bits per heavy atom. The summed E-state index contributed by atoms with van der Waals surface area (Å²) in [5.41, 5.74) is 0. The minimum Gasteiger partial charge on any atom is -0.493 e. The molecule has 1 aromatic heterocycles. The van der Waals surface area contributed by atoms with Crippen LogP contribution in [0, 0.1) is 5.82 Å². The Balaban J connectivity index is 2.37. The summed E-state index contributed by atoms with van der Waals surface area (Å²) in [5.74, 6) is 0.547. The van der Waals surface area contributed by atoms with Gasteiger partial charge in [0.1, 0.15) is 9.63 Å². The van der Waals surface area contributed by atoms with Crippen LogP contribution in [0.5, 0.6) is 17.4 Å². The van der Waals surface area contributed by atoms with Gasteiger partial charge in [-0.3, -0.25) is 0 Å². The Kier molecular flexibility index (Phi) is 4.04. The zero-order valence-electron chi connectivity index (χ0n) is 9.28. The molecule has 0 radical (unpaired) electrons. The standard InChI is InChI=1S/C12H8BrClFNO2/c1-17-9-4-2-3-5-10(9)18-12-7(14)6-8(15)11(13)16-12/h2-6H,1H3. The molecule has 1 aromatic carbocycles. The maximum Gasteiger partial charge on any atom is 0.239 e. The van der Waals surface area contributed by atoms with E-state index < -0.39 is 5.82 Å². The molecule has 0 aliphatic carbocycles. The van der Waals surface area contributed by atoms with E-state index in [1.54, 1.807) is 24.3 Å². The van der Waals surface area contributed by atoms with Crippen LogP contribution in [0.15, 0.2) is 34.9 Å². The van der Waals surface area contributed by atoms with Crippen molar-refractivity contribution in [3.8, 4) is 17.4 Å². The van der Waals surface area contributed by atoms with E-state index in [1.165, 1.54) is 7.11 Å². The van der Waals surface area contributed by atoms with Crippen LogP contribution in [0.3, 0.4) is 0 Å². The van der Waals surface area contributed by atoms with Crippen LogP contribution in [-0.2, 0) is 0 Å². The fraction of sp³-hybridized carbons (Fsp3) is 0.0833. The van der Waals surface area contributed by atoms with Gasteiger partial charge < -0.3 is 9.47 Å². The summed E-state index contributed by atoms with van der Waals surface area (Å²) in [7, 11) is 1.53. The lowest BCUT2D eigenvalue weighted by atomic mass is 10.3. The van der Waals surface area contributed by atoms with Gasteiger partial charge in [-0.25, -0.2) is 9.37 Å². The first kappa shape index (κ1) is 13.1. The number of rotatable bonds is 3. The molecular weight excluding hydrogens is 324 g/mol. The van der Waals surface area contributed by atoms with Gasteiger partial charge in [0.25, 0.3) is 0 Å². The maximum atomic E-state index is 13.2. The summed E-state index contributed by atoms with van der Waals surface area (Å²) in [6, 6.07) is 8.16. The van der Waals surface area contributed by atoms with Crippen molar-refractivity contribution in [3.05, 3.63) is 45.8 Å². The van der Waals surface area contributed by atoms with Gasteiger partial charge in [-0.15, -0.1) is 0 Å². The maximum absolute atomic E-state index is 13.2. The molecule has 0 saturated heterocycles. The molecule has 0 atom stereocenters. The van der Waals surface area contributed by atoms with Crippen molar-refractivity contribution in [1.29, 1.82) is 0 Å². The quantitative estimate of drug-likeness (QED) is 0.779. The van der Waals surface area contributed by atoms with Crippen molar-refractivity contribution in [2.24, 2.45) is 0 Å². The molecule has 0 spiro atoms. The fourth-order valence-corrected chi connectivity index (χ4v) is 1.76. The molecule has 1 heterocycles. The lowest BCUT2D eigenvalue weighted by Gasteiger charge is -2.10. The van der Waals surface area contributed by atoms with Crippen LogP contribution in [0.25, 0.3) is 0 Å². The second kappa shape index (κ2) is 5.54. The lowest BCUT2D eigenvalue weighted by molar-refractivity contribution is 0.373. The Bertz CT molecular complexity index is 580. The first-order valence-corrected chi connectivity index (χ1v) is 6.11. The Morgan fingerprint density at radius 3 is 2.61 bits per heavy atom. The number of para-hydroxylation sites is 2. The molecule has 3 nitrogen and oxygen atoms in total. The van der Waals surface area contributed by atoms with Crippen molar-refractivity contribution in [3.63, 3.8) is 0 Å². The molecule has 0 bridgehead atoms.